The summed E-state index contributed by atoms with van der Waals surface area (Å²) in [6, 6.07) is 13.2. The summed E-state index contributed by atoms with van der Waals surface area (Å²) in [6.07, 6.45) is 6.91. The second kappa shape index (κ2) is 9.00. The van der Waals surface area contributed by atoms with Crippen LogP contribution < -0.4 is 15.1 Å². The lowest BCUT2D eigenvalue weighted by atomic mass is 9.81. The van der Waals surface area contributed by atoms with Gasteiger partial charge in [-0.05, 0) is 69.4 Å². The first-order chi connectivity index (χ1) is 16.0. The molecule has 2 aliphatic heterocycles. The number of nitrogens with zero attached hydrogens (tertiary/aromatic N) is 2. The van der Waals surface area contributed by atoms with Gasteiger partial charge < -0.3 is 10.2 Å². The Morgan fingerprint density at radius 3 is 2.12 bits per heavy atom. The Morgan fingerprint density at radius 1 is 0.848 bits per heavy atom. The average Bonchev–Trinajstić information content (AvgIpc) is 3.11. The van der Waals surface area contributed by atoms with E-state index in [0.717, 1.165) is 68.6 Å². The number of rotatable bonds is 4. The molecular formula is C27H31N3O3. The number of carbonyl (C=O) groups is 3. The molecule has 1 N–H and O–H groups in total. The van der Waals surface area contributed by atoms with Gasteiger partial charge in [0.15, 0.2) is 0 Å². The second-order valence-corrected chi connectivity index (χ2v) is 9.58. The van der Waals surface area contributed by atoms with Gasteiger partial charge in [-0.25, -0.2) is 0 Å². The zero-order chi connectivity index (χ0) is 22.9. The van der Waals surface area contributed by atoms with Crippen LogP contribution in [0.15, 0.2) is 42.5 Å². The SMILES string of the molecule is Cc1ccc(NC(=O)c2cc(N3C(=O)[C@H]4CCCC[C@H]4C3=O)ccc2N2CCCCC2)cc1. The van der Waals surface area contributed by atoms with Crippen LogP contribution in [0, 0.1) is 18.8 Å². The molecular weight excluding hydrogens is 414 g/mol. The summed E-state index contributed by atoms with van der Waals surface area (Å²) in [6.45, 7) is 3.80. The number of anilines is 3. The van der Waals surface area contributed by atoms with Gasteiger partial charge in [0.1, 0.15) is 0 Å². The molecule has 2 saturated heterocycles. The predicted molar refractivity (Wildman–Crippen MR) is 130 cm³/mol. The van der Waals surface area contributed by atoms with Gasteiger partial charge in [-0.3, -0.25) is 19.3 Å². The summed E-state index contributed by atoms with van der Waals surface area (Å²) in [5.74, 6) is -0.867. The molecule has 0 aromatic heterocycles. The van der Waals surface area contributed by atoms with E-state index in [2.05, 4.69) is 10.2 Å². The highest BCUT2D eigenvalue weighted by Crippen LogP contribution is 2.41. The maximum Gasteiger partial charge on any atom is 0.257 e. The van der Waals surface area contributed by atoms with Crippen molar-refractivity contribution in [3.63, 3.8) is 0 Å². The minimum atomic E-state index is -0.224. The van der Waals surface area contributed by atoms with E-state index in [-0.39, 0.29) is 29.6 Å². The number of imide groups is 1. The van der Waals surface area contributed by atoms with Crippen molar-refractivity contribution in [2.24, 2.45) is 11.8 Å². The van der Waals surface area contributed by atoms with Crippen LogP contribution in [-0.4, -0.2) is 30.8 Å². The van der Waals surface area contributed by atoms with Crippen molar-refractivity contribution in [2.45, 2.75) is 51.9 Å². The number of hydrogen-bond acceptors (Lipinski definition) is 4. The number of hydrogen-bond donors (Lipinski definition) is 1. The molecule has 33 heavy (non-hydrogen) atoms. The number of benzene rings is 2. The van der Waals surface area contributed by atoms with Gasteiger partial charge in [-0.1, -0.05) is 30.5 Å². The Balaban J connectivity index is 1.50. The number of fused-ring (bicyclic) bond motifs is 1. The van der Waals surface area contributed by atoms with Crippen LogP contribution in [0.2, 0.25) is 0 Å². The first kappa shape index (κ1) is 21.7. The van der Waals surface area contributed by atoms with E-state index in [0.29, 0.717) is 11.3 Å². The van der Waals surface area contributed by atoms with Gasteiger partial charge in [0.05, 0.1) is 23.1 Å². The fraction of sp³-hybridized carbons (Fsp3) is 0.444. The third-order valence-electron chi connectivity index (χ3n) is 7.33. The molecule has 6 heteroatoms. The van der Waals surface area contributed by atoms with Gasteiger partial charge in [0.25, 0.3) is 5.91 Å². The highest BCUT2D eigenvalue weighted by atomic mass is 16.2. The van der Waals surface area contributed by atoms with E-state index in [9.17, 15) is 14.4 Å². The molecule has 0 spiro atoms. The molecule has 2 aromatic carbocycles. The molecule has 3 aliphatic rings. The zero-order valence-corrected chi connectivity index (χ0v) is 19.2. The molecule has 3 fully saturated rings. The lowest BCUT2D eigenvalue weighted by Crippen LogP contribution is -2.33. The molecule has 0 unspecified atom stereocenters. The van der Waals surface area contributed by atoms with E-state index in [1.165, 1.54) is 11.3 Å². The molecule has 6 nitrogen and oxygen atoms in total. The van der Waals surface area contributed by atoms with E-state index in [4.69, 9.17) is 0 Å². The highest BCUT2D eigenvalue weighted by Gasteiger charge is 2.48. The molecule has 2 heterocycles. The zero-order valence-electron chi connectivity index (χ0n) is 19.2. The van der Waals surface area contributed by atoms with Crippen molar-refractivity contribution in [1.82, 2.24) is 0 Å². The van der Waals surface area contributed by atoms with Gasteiger partial charge in [-0.2, -0.15) is 0 Å². The quantitative estimate of drug-likeness (QED) is 0.679. The fourth-order valence-electron chi connectivity index (χ4n) is 5.51. The van der Waals surface area contributed by atoms with Gasteiger partial charge in [-0.15, -0.1) is 0 Å². The number of amides is 3. The number of nitrogens with one attached hydrogen (secondary N) is 1. The van der Waals surface area contributed by atoms with E-state index < -0.39 is 0 Å². The smallest absolute Gasteiger partial charge is 0.257 e. The van der Waals surface area contributed by atoms with Gasteiger partial charge in [0, 0.05) is 24.5 Å². The van der Waals surface area contributed by atoms with Gasteiger partial charge >= 0.3 is 0 Å². The van der Waals surface area contributed by atoms with Crippen molar-refractivity contribution in [3.05, 3.63) is 53.6 Å². The van der Waals surface area contributed by atoms with Gasteiger partial charge in [0.2, 0.25) is 11.8 Å². The first-order valence-electron chi connectivity index (χ1n) is 12.2. The molecule has 3 amide bonds. The Morgan fingerprint density at radius 2 is 1.48 bits per heavy atom. The minimum absolute atomic E-state index is 0.111. The molecule has 1 saturated carbocycles. The van der Waals surface area contributed by atoms with Crippen LogP contribution in [0.1, 0.15) is 60.9 Å². The molecule has 0 radical (unpaired) electrons. The van der Waals surface area contributed by atoms with E-state index in [1.54, 1.807) is 6.07 Å². The molecule has 172 valence electrons. The molecule has 5 rings (SSSR count). The van der Waals surface area contributed by atoms with Crippen LogP contribution >= 0.6 is 0 Å². The standard InChI is InChI=1S/C27H31N3O3/c1-18-9-11-19(12-10-18)28-25(31)23-17-20(13-14-24(23)29-15-5-2-6-16-29)30-26(32)21-7-3-4-8-22(21)27(30)33/h9-14,17,21-22H,2-8,15-16H2,1H3,(H,28,31)/t21-,22+. The Kier molecular flexibility index (Phi) is 5.92. The van der Waals surface area contributed by atoms with Crippen molar-refractivity contribution < 1.29 is 14.4 Å². The summed E-state index contributed by atoms with van der Waals surface area (Å²) in [4.78, 5) is 43.3. The summed E-state index contributed by atoms with van der Waals surface area (Å²) >= 11 is 0. The first-order valence-corrected chi connectivity index (χ1v) is 12.2. The summed E-state index contributed by atoms with van der Waals surface area (Å²) in [5, 5.41) is 3.00. The monoisotopic (exact) mass is 445 g/mol. The van der Waals surface area contributed by atoms with Crippen molar-refractivity contribution in [3.8, 4) is 0 Å². The normalized spacial score (nSPS) is 22.9. The topological polar surface area (TPSA) is 69.7 Å². The second-order valence-electron chi connectivity index (χ2n) is 9.58. The van der Waals surface area contributed by atoms with Crippen LogP contribution in [-0.2, 0) is 9.59 Å². The Labute approximate surface area is 194 Å². The van der Waals surface area contributed by atoms with E-state index in [1.807, 2.05) is 43.3 Å². The Bertz CT molecular complexity index is 1050. The van der Waals surface area contributed by atoms with E-state index >= 15 is 0 Å². The third kappa shape index (κ3) is 4.14. The largest absolute Gasteiger partial charge is 0.371 e. The number of carbonyl (C=O) groups excluding carboxylic acids is 3. The minimum Gasteiger partial charge on any atom is -0.371 e. The lowest BCUT2D eigenvalue weighted by molar-refractivity contribution is -0.122. The number of piperidine rings is 1. The molecule has 2 aromatic rings. The summed E-state index contributed by atoms with van der Waals surface area (Å²) < 4.78 is 0. The Hall–Kier alpha value is -3.15. The molecule has 0 bridgehead atoms. The van der Waals surface area contributed by atoms with Crippen LogP contribution in [0.25, 0.3) is 0 Å². The molecule has 2 atom stereocenters. The van der Waals surface area contributed by atoms with Crippen molar-refractivity contribution in [2.75, 3.05) is 28.2 Å². The summed E-state index contributed by atoms with van der Waals surface area (Å²) in [5.41, 5.74) is 3.72. The molecule has 1 aliphatic carbocycles. The maximum atomic E-state index is 13.4. The maximum absolute atomic E-state index is 13.4. The predicted octanol–water partition coefficient (Wildman–Crippen LogP) is 4.92. The van der Waals surface area contributed by atoms with Crippen molar-refractivity contribution >= 4 is 34.8 Å². The van der Waals surface area contributed by atoms with Crippen LogP contribution in [0.3, 0.4) is 0 Å². The highest BCUT2D eigenvalue weighted by molar-refractivity contribution is 6.22. The lowest BCUT2D eigenvalue weighted by Gasteiger charge is -2.31. The average molecular weight is 446 g/mol. The fourth-order valence-corrected chi connectivity index (χ4v) is 5.51. The third-order valence-corrected chi connectivity index (χ3v) is 7.33. The summed E-state index contributed by atoms with van der Waals surface area (Å²) in [7, 11) is 0. The number of aryl methyl sites for hydroxylation is 1. The van der Waals surface area contributed by atoms with Crippen LogP contribution in [0.4, 0.5) is 17.1 Å². The van der Waals surface area contributed by atoms with Crippen LogP contribution in [0.5, 0.6) is 0 Å². The van der Waals surface area contributed by atoms with Crippen molar-refractivity contribution in [1.29, 1.82) is 0 Å².